The minimum Gasteiger partial charge on any atom is -0.477 e. The van der Waals surface area contributed by atoms with Gasteiger partial charge in [-0.3, -0.25) is 0 Å². The number of imidazole rings is 1. The van der Waals surface area contributed by atoms with Gasteiger partial charge in [0.25, 0.3) is 0 Å². The van der Waals surface area contributed by atoms with E-state index in [9.17, 15) is 0 Å². The van der Waals surface area contributed by atoms with Crippen molar-refractivity contribution in [3.8, 4) is 5.88 Å². The Kier molecular flexibility index (Phi) is 4.20. The molecule has 5 nitrogen and oxygen atoms in total. The lowest BCUT2D eigenvalue weighted by Gasteiger charge is -2.09. The highest BCUT2D eigenvalue weighted by molar-refractivity contribution is 6.30. The fraction of sp³-hybridized carbons (Fsp3) is 0.500. The van der Waals surface area contributed by atoms with Gasteiger partial charge < -0.3 is 9.64 Å². The van der Waals surface area contributed by atoms with Crippen molar-refractivity contribution in [2.24, 2.45) is 0 Å². The summed E-state index contributed by atoms with van der Waals surface area (Å²) in [5, 5.41) is 4.26. The molecule has 0 bridgehead atoms. The van der Waals surface area contributed by atoms with Crippen molar-refractivity contribution in [3.63, 3.8) is 0 Å². The minimum absolute atomic E-state index is 0.517. The zero-order valence-corrected chi connectivity index (χ0v) is 10.8. The lowest BCUT2D eigenvalue weighted by molar-refractivity contribution is 0.280. The highest BCUT2D eigenvalue weighted by Crippen LogP contribution is 2.07. The summed E-state index contributed by atoms with van der Waals surface area (Å²) in [7, 11) is 9.87. The normalized spacial score (nSPS) is 11.3. The topological polar surface area (TPSA) is 42.7 Å². The van der Waals surface area contributed by atoms with Crippen LogP contribution in [0.2, 0.25) is 0 Å². The van der Waals surface area contributed by atoms with E-state index in [0.29, 0.717) is 18.1 Å². The van der Waals surface area contributed by atoms with Crippen molar-refractivity contribution in [1.82, 2.24) is 19.5 Å². The standard InChI is InChI=1S/C12H17BN4O/c1-16(2)7-3-4-8-18-12-6-5-11-14-9-10(13)17(11)15-12/h5-6,9H,3-4,7-8H2,1-2H3. The smallest absolute Gasteiger partial charge is 0.231 e. The molecule has 0 amide bonds. The molecule has 0 saturated carbocycles. The van der Waals surface area contributed by atoms with E-state index >= 15 is 0 Å². The maximum atomic E-state index is 5.73. The highest BCUT2D eigenvalue weighted by atomic mass is 16.5. The number of ether oxygens (including phenoxy) is 1. The van der Waals surface area contributed by atoms with Crippen molar-refractivity contribution in [3.05, 3.63) is 18.3 Å². The van der Waals surface area contributed by atoms with Gasteiger partial charge in [-0.05, 0) is 39.5 Å². The van der Waals surface area contributed by atoms with Gasteiger partial charge in [0.2, 0.25) is 5.88 Å². The van der Waals surface area contributed by atoms with Crippen LogP contribution in [-0.4, -0.2) is 54.6 Å². The molecule has 2 radical (unpaired) electrons. The van der Waals surface area contributed by atoms with Gasteiger partial charge in [0, 0.05) is 17.9 Å². The first-order chi connectivity index (χ1) is 8.66. The number of fused-ring (bicyclic) bond motifs is 1. The molecule has 2 heterocycles. The van der Waals surface area contributed by atoms with Gasteiger partial charge in [0.05, 0.1) is 6.61 Å². The number of hydrogen-bond donors (Lipinski definition) is 0. The van der Waals surface area contributed by atoms with Crippen LogP contribution in [-0.2, 0) is 0 Å². The highest BCUT2D eigenvalue weighted by Gasteiger charge is 2.02. The van der Waals surface area contributed by atoms with Crippen LogP contribution in [0, 0.1) is 0 Å². The van der Waals surface area contributed by atoms with Crippen LogP contribution in [0.5, 0.6) is 5.88 Å². The van der Waals surface area contributed by atoms with Gasteiger partial charge in [-0.25, -0.2) is 9.50 Å². The van der Waals surface area contributed by atoms with Crippen LogP contribution in [0.15, 0.2) is 18.3 Å². The van der Waals surface area contributed by atoms with Crippen LogP contribution in [0.3, 0.4) is 0 Å². The van der Waals surface area contributed by atoms with Gasteiger partial charge in [0.1, 0.15) is 7.85 Å². The predicted molar refractivity (Wildman–Crippen MR) is 71.7 cm³/mol. The fourth-order valence-electron chi connectivity index (χ4n) is 1.66. The lowest BCUT2D eigenvalue weighted by Crippen LogP contribution is -2.15. The Morgan fingerprint density at radius 2 is 2.17 bits per heavy atom. The molecule has 18 heavy (non-hydrogen) atoms. The van der Waals surface area contributed by atoms with Gasteiger partial charge in [-0.1, -0.05) is 0 Å². The van der Waals surface area contributed by atoms with Gasteiger partial charge in [-0.2, -0.15) is 0 Å². The summed E-state index contributed by atoms with van der Waals surface area (Å²) in [4.78, 5) is 6.27. The maximum absolute atomic E-state index is 5.73. The van der Waals surface area contributed by atoms with Crippen molar-refractivity contribution in [2.45, 2.75) is 12.8 Å². The van der Waals surface area contributed by atoms with Gasteiger partial charge in [-0.15, -0.1) is 5.10 Å². The molecule has 0 spiro atoms. The first kappa shape index (κ1) is 12.9. The zero-order chi connectivity index (χ0) is 13.0. The zero-order valence-electron chi connectivity index (χ0n) is 10.8. The van der Waals surface area contributed by atoms with E-state index in [1.807, 2.05) is 12.1 Å². The van der Waals surface area contributed by atoms with E-state index < -0.39 is 0 Å². The number of nitrogens with zero attached hydrogens (tertiary/aromatic N) is 4. The second-order valence-corrected chi connectivity index (χ2v) is 4.48. The van der Waals surface area contributed by atoms with E-state index in [-0.39, 0.29) is 0 Å². The number of hydrogen-bond acceptors (Lipinski definition) is 4. The second-order valence-electron chi connectivity index (χ2n) is 4.48. The molecule has 0 fully saturated rings. The van der Waals surface area contributed by atoms with E-state index in [2.05, 4.69) is 29.1 Å². The second kappa shape index (κ2) is 5.86. The third kappa shape index (κ3) is 3.23. The molecule has 0 aliphatic carbocycles. The molecular weight excluding hydrogens is 227 g/mol. The number of unbranched alkanes of at least 4 members (excludes halogenated alkanes) is 1. The molecule has 2 aromatic heterocycles. The predicted octanol–water partition coefficient (Wildman–Crippen LogP) is 0.244. The molecule has 0 aliphatic heterocycles. The SMILES string of the molecule is [B]c1cnc2ccc(OCCCCN(C)C)nn12. The van der Waals surface area contributed by atoms with E-state index in [1.54, 1.807) is 10.7 Å². The van der Waals surface area contributed by atoms with Crippen LogP contribution in [0.25, 0.3) is 5.65 Å². The molecule has 0 N–H and O–H groups in total. The van der Waals surface area contributed by atoms with Crippen molar-refractivity contribution in [2.75, 3.05) is 27.2 Å². The van der Waals surface area contributed by atoms with Crippen molar-refractivity contribution in [1.29, 1.82) is 0 Å². The van der Waals surface area contributed by atoms with Crippen LogP contribution in [0.1, 0.15) is 12.8 Å². The fourth-order valence-corrected chi connectivity index (χ4v) is 1.66. The quantitative estimate of drug-likeness (QED) is 0.539. The molecule has 94 valence electrons. The Balaban J connectivity index is 1.86. The molecular formula is C12H17BN4O. The molecule has 0 atom stereocenters. The third-order valence-corrected chi connectivity index (χ3v) is 2.61. The van der Waals surface area contributed by atoms with Crippen LogP contribution in [0.4, 0.5) is 0 Å². The molecule has 2 rings (SSSR count). The third-order valence-electron chi connectivity index (χ3n) is 2.61. The van der Waals surface area contributed by atoms with Gasteiger partial charge in [0.15, 0.2) is 5.65 Å². The summed E-state index contributed by atoms with van der Waals surface area (Å²) in [5.41, 5.74) is 1.25. The average Bonchev–Trinajstić information content (AvgIpc) is 2.70. The number of aromatic nitrogens is 3. The first-order valence-corrected chi connectivity index (χ1v) is 6.04. The largest absolute Gasteiger partial charge is 0.477 e. The van der Waals surface area contributed by atoms with Crippen molar-refractivity contribution >= 4 is 19.1 Å². The van der Waals surface area contributed by atoms with Crippen LogP contribution >= 0.6 is 0 Å². The Morgan fingerprint density at radius 3 is 2.94 bits per heavy atom. The Morgan fingerprint density at radius 1 is 1.33 bits per heavy atom. The summed E-state index contributed by atoms with van der Waals surface area (Å²) in [5.74, 6) is 0.581. The average molecular weight is 244 g/mol. The van der Waals surface area contributed by atoms with Crippen LogP contribution < -0.4 is 10.3 Å². The summed E-state index contributed by atoms with van der Waals surface area (Å²) < 4.78 is 7.17. The number of rotatable bonds is 6. The monoisotopic (exact) mass is 244 g/mol. The maximum Gasteiger partial charge on any atom is 0.231 e. The van der Waals surface area contributed by atoms with E-state index in [4.69, 9.17) is 12.6 Å². The molecule has 0 aliphatic rings. The Labute approximate surface area is 108 Å². The first-order valence-electron chi connectivity index (χ1n) is 6.04. The molecule has 6 heteroatoms. The Bertz CT molecular complexity index is 512. The Hall–Kier alpha value is -1.56. The lowest BCUT2D eigenvalue weighted by atomic mass is 10.1. The summed E-state index contributed by atoms with van der Waals surface area (Å²) in [6.07, 6.45) is 3.71. The van der Waals surface area contributed by atoms with Gasteiger partial charge >= 0.3 is 0 Å². The summed E-state index contributed by atoms with van der Waals surface area (Å²) in [6.45, 7) is 1.74. The van der Waals surface area contributed by atoms with E-state index in [1.165, 1.54) is 0 Å². The molecule has 0 aromatic carbocycles. The summed E-state index contributed by atoms with van der Waals surface area (Å²) in [6, 6.07) is 3.66. The summed E-state index contributed by atoms with van der Waals surface area (Å²) >= 11 is 0. The van der Waals surface area contributed by atoms with E-state index in [0.717, 1.165) is 25.0 Å². The van der Waals surface area contributed by atoms with Crippen molar-refractivity contribution < 1.29 is 4.74 Å². The molecule has 0 saturated heterocycles. The molecule has 2 aromatic rings. The molecule has 0 unspecified atom stereocenters. The minimum atomic E-state index is 0.517.